The molecule has 0 fully saturated rings. The highest BCUT2D eigenvalue weighted by molar-refractivity contribution is 5.31. The molecule has 1 aliphatic carbocycles. The van der Waals surface area contributed by atoms with Gasteiger partial charge >= 0.3 is 0 Å². The van der Waals surface area contributed by atoms with Crippen molar-refractivity contribution in [3.05, 3.63) is 59.7 Å². The van der Waals surface area contributed by atoms with E-state index >= 15 is 0 Å². The highest BCUT2D eigenvalue weighted by Gasteiger charge is 2.25. The molecule has 1 aromatic carbocycles. The average Bonchev–Trinajstić information content (AvgIpc) is 2.46. The van der Waals surface area contributed by atoms with Crippen LogP contribution in [0.5, 0.6) is 0 Å². The fourth-order valence-electron chi connectivity index (χ4n) is 2.36. The molecule has 0 heterocycles. The van der Waals surface area contributed by atoms with Crippen molar-refractivity contribution in [1.29, 1.82) is 0 Å². The van der Waals surface area contributed by atoms with Crippen molar-refractivity contribution >= 4 is 0 Å². The van der Waals surface area contributed by atoms with Gasteiger partial charge in [-0.1, -0.05) is 48.6 Å². The summed E-state index contributed by atoms with van der Waals surface area (Å²) >= 11 is 0. The number of hydrogen-bond acceptors (Lipinski definition) is 2. The predicted octanol–water partition coefficient (Wildman–Crippen LogP) is 3.67. The fourth-order valence-corrected chi connectivity index (χ4v) is 2.36. The van der Waals surface area contributed by atoms with Gasteiger partial charge in [-0.05, 0) is 24.0 Å². The number of methoxy groups -OCH3 is 2. The zero-order valence-electron chi connectivity index (χ0n) is 11.0. The third-order valence-corrected chi connectivity index (χ3v) is 3.26. The Morgan fingerprint density at radius 1 is 0.944 bits per heavy atom. The molecule has 2 atom stereocenters. The van der Waals surface area contributed by atoms with Crippen LogP contribution in [0.1, 0.15) is 24.5 Å². The van der Waals surface area contributed by atoms with Crippen molar-refractivity contribution in [3.63, 3.8) is 0 Å². The van der Waals surface area contributed by atoms with Gasteiger partial charge in [0.05, 0.1) is 0 Å². The molecule has 0 bridgehead atoms. The summed E-state index contributed by atoms with van der Waals surface area (Å²) in [7, 11) is 3.47. The maximum Gasteiger partial charge on any atom is 0.112 e. The maximum absolute atomic E-state index is 5.65. The molecular weight excluding hydrogens is 224 g/mol. The van der Waals surface area contributed by atoms with E-state index in [0.717, 1.165) is 18.4 Å². The molecule has 0 saturated heterocycles. The van der Waals surface area contributed by atoms with Crippen LogP contribution in [0.4, 0.5) is 0 Å². The van der Waals surface area contributed by atoms with E-state index in [2.05, 4.69) is 30.4 Å². The number of allylic oxidation sites excluding steroid dienone is 2. The van der Waals surface area contributed by atoms with Gasteiger partial charge in [-0.25, -0.2) is 0 Å². The molecule has 0 N–H and O–H groups in total. The molecule has 1 aromatic rings. The lowest BCUT2D eigenvalue weighted by atomic mass is 9.94. The Labute approximate surface area is 109 Å². The fraction of sp³-hybridized carbons (Fsp3) is 0.375. The van der Waals surface area contributed by atoms with Gasteiger partial charge in [-0.15, -0.1) is 0 Å². The summed E-state index contributed by atoms with van der Waals surface area (Å²) in [5, 5.41) is 0. The van der Waals surface area contributed by atoms with Crippen molar-refractivity contribution in [2.24, 2.45) is 0 Å². The molecule has 0 spiro atoms. The van der Waals surface area contributed by atoms with E-state index in [1.807, 2.05) is 18.2 Å². The predicted molar refractivity (Wildman–Crippen MR) is 73.4 cm³/mol. The molecule has 2 unspecified atom stereocenters. The molecule has 2 heteroatoms. The first-order chi connectivity index (χ1) is 8.86. The summed E-state index contributed by atoms with van der Waals surface area (Å²) in [6, 6.07) is 10.2. The Bertz CT molecular complexity index is 420. The van der Waals surface area contributed by atoms with E-state index in [9.17, 15) is 0 Å². The van der Waals surface area contributed by atoms with E-state index < -0.39 is 0 Å². The second-order valence-corrected chi connectivity index (χ2v) is 4.41. The summed E-state index contributed by atoms with van der Waals surface area (Å²) in [6.07, 6.45) is 8.66. The van der Waals surface area contributed by atoms with Crippen molar-refractivity contribution in [2.75, 3.05) is 14.2 Å². The van der Waals surface area contributed by atoms with Crippen molar-refractivity contribution < 1.29 is 9.47 Å². The third-order valence-electron chi connectivity index (χ3n) is 3.26. The second kappa shape index (κ2) is 6.53. The highest BCUT2D eigenvalue weighted by atomic mass is 16.5. The monoisotopic (exact) mass is 244 g/mol. The minimum atomic E-state index is -0.0646. The highest BCUT2D eigenvalue weighted by Crippen LogP contribution is 2.29. The van der Waals surface area contributed by atoms with Crippen LogP contribution in [0.15, 0.2) is 54.1 Å². The molecule has 18 heavy (non-hydrogen) atoms. The van der Waals surface area contributed by atoms with Gasteiger partial charge in [-0.3, -0.25) is 0 Å². The summed E-state index contributed by atoms with van der Waals surface area (Å²) in [4.78, 5) is 0. The van der Waals surface area contributed by atoms with Crippen LogP contribution in [0.25, 0.3) is 0 Å². The van der Waals surface area contributed by atoms with Crippen LogP contribution < -0.4 is 0 Å². The van der Waals surface area contributed by atoms with Crippen LogP contribution in [0.2, 0.25) is 0 Å². The van der Waals surface area contributed by atoms with Crippen molar-refractivity contribution in [1.82, 2.24) is 0 Å². The van der Waals surface area contributed by atoms with Crippen LogP contribution in [0, 0.1) is 0 Å². The molecule has 96 valence electrons. The Balaban J connectivity index is 2.24. The zero-order chi connectivity index (χ0) is 12.8. The minimum Gasteiger partial charge on any atom is -0.374 e. The molecule has 2 nitrogen and oxygen atoms in total. The zero-order valence-corrected chi connectivity index (χ0v) is 11.0. The summed E-state index contributed by atoms with van der Waals surface area (Å²) in [6.45, 7) is 0. The molecule has 0 aromatic heterocycles. The van der Waals surface area contributed by atoms with Gasteiger partial charge in [0.2, 0.25) is 0 Å². The molecule has 0 saturated carbocycles. The maximum atomic E-state index is 5.65. The van der Waals surface area contributed by atoms with Crippen molar-refractivity contribution in [3.8, 4) is 0 Å². The van der Waals surface area contributed by atoms with E-state index in [1.54, 1.807) is 14.2 Å². The smallest absolute Gasteiger partial charge is 0.112 e. The third kappa shape index (κ3) is 2.89. The van der Waals surface area contributed by atoms with Crippen molar-refractivity contribution in [2.45, 2.75) is 25.0 Å². The van der Waals surface area contributed by atoms with Gasteiger partial charge in [0.25, 0.3) is 0 Å². The van der Waals surface area contributed by atoms with Gasteiger partial charge in [0.15, 0.2) is 0 Å². The molecule has 0 aliphatic heterocycles. The van der Waals surface area contributed by atoms with E-state index in [4.69, 9.17) is 9.47 Å². The normalized spacial score (nSPS) is 18.2. The van der Waals surface area contributed by atoms with Gasteiger partial charge in [0.1, 0.15) is 12.2 Å². The Morgan fingerprint density at radius 3 is 2.22 bits per heavy atom. The first kappa shape index (κ1) is 13.1. The van der Waals surface area contributed by atoms with E-state index in [0.29, 0.717) is 0 Å². The van der Waals surface area contributed by atoms with E-state index in [1.165, 1.54) is 5.57 Å². The minimum absolute atomic E-state index is 0.0473. The van der Waals surface area contributed by atoms with Crippen LogP contribution in [-0.2, 0) is 9.47 Å². The number of benzene rings is 1. The summed E-state index contributed by atoms with van der Waals surface area (Å²) in [5.41, 5.74) is 2.35. The Morgan fingerprint density at radius 2 is 1.67 bits per heavy atom. The van der Waals surface area contributed by atoms with Gasteiger partial charge < -0.3 is 9.47 Å². The molecule has 1 aliphatic rings. The second-order valence-electron chi connectivity index (χ2n) is 4.41. The standard InChI is InChI=1S/C16H20O2/c1-17-15(13-9-5-3-6-10-13)16(18-2)14-11-7-4-8-12-14/h3,5-7,9-12,15-16H,4,8H2,1-2H3. The SMILES string of the molecule is COC(C1=CCCC=C1)C(OC)c1ccccc1. The topological polar surface area (TPSA) is 18.5 Å². The summed E-state index contributed by atoms with van der Waals surface area (Å²) in [5.74, 6) is 0. The lowest BCUT2D eigenvalue weighted by Crippen LogP contribution is -2.24. The molecule has 2 rings (SSSR count). The Hall–Kier alpha value is -1.38. The largest absolute Gasteiger partial charge is 0.374 e. The first-order valence-electron chi connectivity index (χ1n) is 6.34. The average molecular weight is 244 g/mol. The van der Waals surface area contributed by atoms with Gasteiger partial charge in [-0.2, -0.15) is 0 Å². The number of rotatable bonds is 5. The quantitative estimate of drug-likeness (QED) is 0.787. The Kier molecular flexibility index (Phi) is 4.73. The van der Waals surface area contributed by atoms with Crippen LogP contribution in [0.3, 0.4) is 0 Å². The van der Waals surface area contributed by atoms with Crippen LogP contribution in [-0.4, -0.2) is 20.3 Å². The molecule has 0 radical (unpaired) electrons. The number of hydrogen-bond donors (Lipinski definition) is 0. The number of ether oxygens (including phenoxy) is 2. The van der Waals surface area contributed by atoms with E-state index in [-0.39, 0.29) is 12.2 Å². The van der Waals surface area contributed by atoms with Gasteiger partial charge in [0, 0.05) is 14.2 Å². The molecule has 0 amide bonds. The summed E-state index contributed by atoms with van der Waals surface area (Å²) < 4.78 is 11.3. The lowest BCUT2D eigenvalue weighted by molar-refractivity contribution is -0.0172. The molecular formula is C16H20O2. The van der Waals surface area contributed by atoms with Crippen LogP contribution >= 0.6 is 0 Å². The first-order valence-corrected chi connectivity index (χ1v) is 6.34. The lowest BCUT2D eigenvalue weighted by Gasteiger charge is -2.27.